The fraction of sp³-hybridized carbons (Fsp3) is 0.0435. The number of aromatic amines is 1. The van der Waals surface area contributed by atoms with Crippen LogP contribution >= 0.6 is 0 Å². The summed E-state index contributed by atoms with van der Waals surface area (Å²) in [5, 5.41) is 8.48. The molecular formula is C23H19N3O. The number of carbonyl (C=O) groups is 1. The van der Waals surface area contributed by atoms with Crippen LogP contribution in [0.5, 0.6) is 0 Å². The summed E-state index contributed by atoms with van der Waals surface area (Å²) in [6, 6.07) is 25.2. The van der Waals surface area contributed by atoms with E-state index in [-0.39, 0.29) is 5.91 Å². The number of nitrogens with one attached hydrogen (secondary N) is 1. The van der Waals surface area contributed by atoms with Crippen LogP contribution in [0, 0.1) is 0 Å². The van der Waals surface area contributed by atoms with E-state index in [0.717, 1.165) is 27.8 Å². The van der Waals surface area contributed by atoms with Gasteiger partial charge in [0.1, 0.15) is 0 Å². The third-order valence-electron chi connectivity index (χ3n) is 4.54. The van der Waals surface area contributed by atoms with Crippen LogP contribution in [0.15, 0.2) is 78.9 Å². The highest BCUT2D eigenvalue weighted by Gasteiger charge is 2.15. The van der Waals surface area contributed by atoms with Crippen molar-refractivity contribution in [3.05, 3.63) is 95.7 Å². The van der Waals surface area contributed by atoms with Gasteiger partial charge in [-0.1, -0.05) is 60.7 Å². The van der Waals surface area contributed by atoms with E-state index in [4.69, 9.17) is 0 Å². The first-order chi connectivity index (χ1) is 13.2. The molecule has 1 heterocycles. The third kappa shape index (κ3) is 3.37. The molecule has 0 saturated heterocycles. The zero-order valence-corrected chi connectivity index (χ0v) is 15.0. The molecule has 3 aromatic carbocycles. The van der Waals surface area contributed by atoms with E-state index in [9.17, 15) is 4.79 Å². The van der Waals surface area contributed by atoms with E-state index < -0.39 is 0 Å². The van der Waals surface area contributed by atoms with Gasteiger partial charge in [0.05, 0.1) is 16.9 Å². The molecule has 0 fully saturated rings. The number of H-pyrrole nitrogens is 1. The molecule has 0 radical (unpaired) electrons. The van der Waals surface area contributed by atoms with Gasteiger partial charge in [0.15, 0.2) is 0 Å². The molecule has 0 bridgehead atoms. The van der Waals surface area contributed by atoms with Crippen LogP contribution in [0.25, 0.3) is 23.1 Å². The minimum atomic E-state index is -0.0401. The van der Waals surface area contributed by atoms with E-state index in [2.05, 4.69) is 10.2 Å². The standard InChI is InChI=1S/C23H19N3O/c1-26(23(27)18-10-3-2-4-11-18)22-14-8-5-9-17(22)15-16-21-19-12-6-7-13-20(19)24-25-21/h2-16H,1H3,(H,24,25). The van der Waals surface area contributed by atoms with Gasteiger partial charge < -0.3 is 4.90 Å². The Hall–Kier alpha value is -3.66. The van der Waals surface area contributed by atoms with E-state index in [1.165, 1.54) is 0 Å². The van der Waals surface area contributed by atoms with Gasteiger partial charge in [0, 0.05) is 18.0 Å². The summed E-state index contributed by atoms with van der Waals surface area (Å²) < 4.78 is 0. The Morgan fingerprint density at radius 1 is 0.889 bits per heavy atom. The Morgan fingerprint density at radius 2 is 1.59 bits per heavy atom. The van der Waals surface area contributed by atoms with Gasteiger partial charge in [0.25, 0.3) is 5.91 Å². The topological polar surface area (TPSA) is 49.0 Å². The predicted molar refractivity (Wildman–Crippen MR) is 111 cm³/mol. The number of hydrogen-bond donors (Lipinski definition) is 1. The van der Waals surface area contributed by atoms with Gasteiger partial charge in [-0.05, 0) is 35.9 Å². The fourth-order valence-corrected chi connectivity index (χ4v) is 3.10. The van der Waals surface area contributed by atoms with Gasteiger partial charge in [0.2, 0.25) is 0 Å². The SMILES string of the molecule is CN(C(=O)c1ccccc1)c1ccccc1C=Cc1n[nH]c2ccccc12. The summed E-state index contributed by atoms with van der Waals surface area (Å²) in [6.45, 7) is 0. The first-order valence-corrected chi connectivity index (χ1v) is 8.77. The Balaban J connectivity index is 1.66. The normalized spacial score (nSPS) is 11.1. The molecule has 1 N–H and O–H groups in total. The van der Waals surface area contributed by atoms with E-state index in [1.807, 2.05) is 91.0 Å². The molecule has 0 atom stereocenters. The lowest BCUT2D eigenvalue weighted by Gasteiger charge is -2.19. The number of aromatic nitrogens is 2. The summed E-state index contributed by atoms with van der Waals surface area (Å²) >= 11 is 0. The maximum absolute atomic E-state index is 12.8. The largest absolute Gasteiger partial charge is 0.311 e. The Bertz CT molecular complexity index is 1110. The maximum Gasteiger partial charge on any atom is 0.258 e. The lowest BCUT2D eigenvalue weighted by atomic mass is 10.1. The zero-order chi connectivity index (χ0) is 18.6. The molecule has 132 valence electrons. The van der Waals surface area contributed by atoms with Crippen molar-refractivity contribution in [2.75, 3.05) is 11.9 Å². The number of benzene rings is 3. The van der Waals surface area contributed by atoms with Gasteiger partial charge >= 0.3 is 0 Å². The fourth-order valence-electron chi connectivity index (χ4n) is 3.10. The van der Waals surface area contributed by atoms with Gasteiger partial charge in [-0.15, -0.1) is 0 Å². The molecule has 0 spiro atoms. The minimum Gasteiger partial charge on any atom is -0.311 e. The van der Waals surface area contributed by atoms with Crippen LogP contribution < -0.4 is 4.90 Å². The van der Waals surface area contributed by atoms with Crippen LogP contribution in [0.1, 0.15) is 21.6 Å². The summed E-state index contributed by atoms with van der Waals surface area (Å²) in [5.74, 6) is -0.0401. The van der Waals surface area contributed by atoms with Crippen molar-refractivity contribution in [3.8, 4) is 0 Å². The van der Waals surface area contributed by atoms with Crippen molar-refractivity contribution in [1.29, 1.82) is 0 Å². The van der Waals surface area contributed by atoms with Crippen LogP contribution in [0.3, 0.4) is 0 Å². The number of anilines is 1. The highest BCUT2D eigenvalue weighted by atomic mass is 16.2. The van der Waals surface area contributed by atoms with Gasteiger partial charge in [-0.3, -0.25) is 9.89 Å². The monoisotopic (exact) mass is 353 g/mol. The smallest absolute Gasteiger partial charge is 0.258 e. The number of nitrogens with zero attached hydrogens (tertiary/aromatic N) is 2. The van der Waals surface area contributed by atoms with Crippen molar-refractivity contribution in [1.82, 2.24) is 10.2 Å². The number of amides is 1. The lowest BCUT2D eigenvalue weighted by molar-refractivity contribution is 0.0993. The summed E-state index contributed by atoms with van der Waals surface area (Å²) in [5.41, 5.74) is 4.34. The lowest BCUT2D eigenvalue weighted by Crippen LogP contribution is -2.26. The van der Waals surface area contributed by atoms with Crippen molar-refractivity contribution < 1.29 is 4.79 Å². The van der Waals surface area contributed by atoms with Crippen LogP contribution in [0.2, 0.25) is 0 Å². The molecule has 0 saturated carbocycles. The number of hydrogen-bond acceptors (Lipinski definition) is 2. The highest BCUT2D eigenvalue weighted by molar-refractivity contribution is 6.07. The van der Waals surface area contributed by atoms with Gasteiger partial charge in [-0.25, -0.2) is 0 Å². The first-order valence-electron chi connectivity index (χ1n) is 8.77. The molecule has 4 heteroatoms. The molecule has 4 rings (SSSR count). The predicted octanol–water partition coefficient (Wildman–Crippen LogP) is 5.01. The molecule has 4 nitrogen and oxygen atoms in total. The summed E-state index contributed by atoms with van der Waals surface area (Å²) in [6.07, 6.45) is 3.96. The van der Waals surface area contributed by atoms with Crippen LogP contribution in [-0.4, -0.2) is 23.2 Å². The summed E-state index contributed by atoms with van der Waals surface area (Å²) in [7, 11) is 1.80. The average Bonchev–Trinajstić information content (AvgIpc) is 3.15. The first kappa shape index (κ1) is 16.8. The minimum absolute atomic E-state index is 0.0401. The van der Waals surface area contributed by atoms with E-state index >= 15 is 0 Å². The number of para-hydroxylation sites is 2. The molecule has 4 aromatic rings. The van der Waals surface area contributed by atoms with Crippen molar-refractivity contribution in [3.63, 3.8) is 0 Å². The van der Waals surface area contributed by atoms with Crippen LogP contribution in [-0.2, 0) is 0 Å². The second-order valence-corrected chi connectivity index (χ2v) is 6.28. The molecule has 1 aromatic heterocycles. The Labute approximate surface area is 157 Å². The second kappa shape index (κ2) is 7.30. The maximum atomic E-state index is 12.8. The number of carbonyl (C=O) groups excluding carboxylic acids is 1. The molecule has 0 aliphatic heterocycles. The Kier molecular flexibility index (Phi) is 4.54. The van der Waals surface area contributed by atoms with Crippen LogP contribution in [0.4, 0.5) is 5.69 Å². The highest BCUT2D eigenvalue weighted by Crippen LogP contribution is 2.24. The molecule has 0 unspecified atom stereocenters. The van der Waals surface area contributed by atoms with E-state index in [1.54, 1.807) is 11.9 Å². The molecular weight excluding hydrogens is 334 g/mol. The Morgan fingerprint density at radius 3 is 2.44 bits per heavy atom. The zero-order valence-electron chi connectivity index (χ0n) is 15.0. The molecule has 1 amide bonds. The average molecular weight is 353 g/mol. The molecule has 27 heavy (non-hydrogen) atoms. The van der Waals surface area contributed by atoms with Crippen molar-refractivity contribution in [2.45, 2.75) is 0 Å². The number of rotatable bonds is 4. The molecule has 0 aliphatic rings. The van der Waals surface area contributed by atoms with E-state index in [0.29, 0.717) is 5.56 Å². The second-order valence-electron chi connectivity index (χ2n) is 6.28. The van der Waals surface area contributed by atoms with Crippen molar-refractivity contribution >= 4 is 34.6 Å². The third-order valence-corrected chi connectivity index (χ3v) is 4.54. The quantitative estimate of drug-likeness (QED) is 0.561. The number of fused-ring (bicyclic) bond motifs is 1. The van der Waals surface area contributed by atoms with Gasteiger partial charge in [-0.2, -0.15) is 5.10 Å². The van der Waals surface area contributed by atoms with Crippen molar-refractivity contribution in [2.24, 2.45) is 0 Å². The summed E-state index contributed by atoms with van der Waals surface area (Å²) in [4.78, 5) is 14.5. The molecule has 0 aliphatic carbocycles.